The summed E-state index contributed by atoms with van der Waals surface area (Å²) in [4.78, 5) is 25.5. The molecule has 0 fully saturated rings. The quantitative estimate of drug-likeness (QED) is 0.0449. The molecule has 5 nitrogen and oxygen atoms in total. The van der Waals surface area contributed by atoms with Crippen LogP contribution in [0.25, 0.3) is 0 Å². The van der Waals surface area contributed by atoms with E-state index in [2.05, 4.69) is 20.8 Å². The predicted molar refractivity (Wildman–Crippen MR) is 280 cm³/mol. The van der Waals surface area contributed by atoms with E-state index < -0.39 is 6.10 Å². The van der Waals surface area contributed by atoms with Crippen molar-refractivity contribution in [1.82, 2.24) is 0 Å². The second kappa shape index (κ2) is 56.2. The van der Waals surface area contributed by atoms with Crippen LogP contribution in [-0.2, 0) is 23.8 Å². The van der Waals surface area contributed by atoms with E-state index in [1.807, 2.05) is 0 Å². The normalized spacial score (nSPS) is 12.0. The molecule has 0 N–H and O–H groups in total. The third kappa shape index (κ3) is 53.5. The number of unbranched alkanes of at least 4 members (excludes halogenated alkanes) is 45. The number of esters is 2. The fourth-order valence-electron chi connectivity index (χ4n) is 9.22. The molecule has 0 aliphatic carbocycles. The Morgan fingerprint density at radius 2 is 0.516 bits per heavy atom. The summed E-state index contributed by atoms with van der Waals surface area (Å²) in [5, 5.41) is 0. The first-order chi connectivity index (χ1) is 31.6. The van der Waals surface area contributed by atoms with Crippen LogP contribution in [0.3, 0.4) is 0 Å². The number of carbonyl (C=O) groups excluding carboxylic acids is 2. The highest BCUT2D eigenvalue weighted by molar-refractivity contribution is 5.70. The summed E-state index contributed by atoms with van der Waals surface area (Å²) in [7, 11) is 0. The highest BCUT2D eigenvalue weighted by Crippen LogP contribution is 2.18. The van der Waals surface area contributed by atoms with Crippen LogP contribution >= 0.6 is 0 Å². The standard InChI is InChI=1S/C59H116O5/c1-4-7-10-13-16-19-22-25-27-29-30-32-33-35-37-40-43-46-49-52-58(60)63-56-57(55-62-54-51-48-45-42-39-24-21-18-15-12-9-6-3)64-59(61)53-50-47-44-41-38-36-34-31-28-26-23-20-17-14-11-8-5-2/h57H,4-56H2,1-3H3. The van der Waals surface area contributed by atoms with Crippen molar-refractivity contribution in [2.75, 3.05) is 19.8 Å². The molecule has 0 aromatic heterocycles. The number of hydrogen-bond acceptors (Lipinski definition) is 5. The van der Waals surface area contributed by atoms with Crippen molar-refractivity contribution < 1.29 is 23.8 Å². The number of ether oxygens (including phenoxy) is 3. The lowest BCUT2D eigenvalue weighted by Crippen LogP contribution is -2.30. The van der Waals surface area contributed by atoms with E-state index in [4.69, 9.17) is 14.2 Å². The molecule has 0 aromatic rings. The molecule has 1 unspecified atom stereocenters. The smallest absolute Gasteiger partial charge is 0.306 e. The Bertz CT molecular complexity index is 891. The fraction of sp³-hybridized carbons (Fsp3) is 0.966. The van der Waals surface area contributed by atoms with E-state index in [9.17, 15) is 9.59 Å². The SMILES string of the molecule is CCCCCCCCCCCCCCCCCCCCCC(=O)OCC(COCCCCCCCCCCCCCC)OC(=O)CCCCCCCCCCCCCCCCCCC. The van der Waals surface area contributed by atoms with Gasteiger partial charge in [-0.15, -0.1) is 0 Å². The Kier molecular flexibility index (Phi) is 55.3. The van der Waals surface area contributed by atoms with E-state index in [1.165, 1.54) is 276 Å². The molecule has 5 heteroatoms. The topological polar surface area (TPSA) is 61.8 Å². The van der Waals surface area contributed by atoms with Gasteiger partial charge < -0.3 is 14.2 Å². The van der Waals surface area contributed by atoms with Crippen LogP contribution in [0.1, 0.15) is 342 Å². The molecule has 0 amide bonds. The Balaban J connectivity index is 4.13. The van der Waals surface area contributed by atoms with Crippen LogP contribution in [0.2, 0.25) is 0 Å². The minimum atomic E-state index is -0.523. The zero-order valence-corrected chi connectivity index (χ0v) is 44.1. The van der Waals surface area contributed by atoms with Gasteiger partial charge in [0.05, 0.1) is 6.61 Å². The molecule has 0 radical (unpaired) electrons. The first-order valence-corrected chi connectivity index (χ1v) is 29.6. The maximum atomic E-state index is 12.8. The molecule has 0 aromatic carbocycles. The van der Waals surface area contributed by atoms with Gasteiger partial charge in [0.1, 0.15) is 6.61 Å². The first kappa shape index (κ1) is 62.9. The van der Waals surface area contributed by atoms with Gasteiger partial charge in [0.2, 0.25) is 0 Å². The third-order valence-electron chi connectivity index (χ3n) is 13.6. The van der Waals surface area contributed by atoms with Gasteiger partial charge in [0.15, 0.2) is 6.10 Å². The lowest BCUT2D eigenvalue weighted by Gasteiger charge is -2.18. The molecule has 0 spiro atoms. The summed E-state index contributed by atoms with van der Waals surface area (Å²) in [5.74, 6) is -0.364. The van der Waals surface area contributed by atoms with Crippen molar-refractivity contribution >= 4 is 11.9 Å². The van der Waals surface area contributed by atoms with E-state index in [-0.39, 0.29) is 18.5 Å². The minimum absolute atomic E-state index is 0.0984. The summed E-state index contributed by atoms with van der Waals surface area (Å²) in [5.41, 5.74) is 0. The van der Waals surface area contributed by atoms with Crippen molar-refractivity contribution in [3.05, 3.63) is 0 Å². The predicted octanol–water partition coefficient (Wildman–Crippen LogP) is 20.0. The molecular weight excluding hydrogens is 789 g/mol. The number of rotatable bonds is 56. The summed E-state index contributed by atoms with van der Waals surface area (Å²) in [6.07, 6.45) is 64.1. The van der Waals surface area contributed by atoms with Crippen molar-refractivity contribution in [3.63, 3.8) is 0 Å². The van der Waals surface area contributed by atoms with Crippen LogP contribution in [0.5, 0.6) is 0 Å². The Morgan fingerprint density at radius 3 is 0.797 bits per heavy atom. The largest absolute Gasteiger partial charge is 0.462 e. The highest BCUT2D eigenvalue weighted by Gasteiger charge is 2.18. The number of carbonyl (C=O) groups is 2. The minimum Gasteiger partial charge on any atom is -0.462 e. The van der Waals surface area contributed by atoms with Gasteiger partial charge in [0.25, 0.3) is 0 Å². The molecule has 0 aliphatic heterocycles. The van der Waals surface area contributed by atoms with Crippen LogP contribution in [-0.4, -0.2) is 37.9 Å². The maximum Gasteiger partial charge on any atom is 0.306 e. The van der Waals surface area contributed by atoms with Crippen molar-refractivity contribution in [1.29, 1.82) is 0 Å². The van der Waals surface area contributed by atoms with Gasteiger partial charge in [-0.2, -0.15) is 0 Å². The Morgan fingerprint density at radius 1 is 0.281 bits per heavy atom. The van der Waals surface area contributed by atoms with Crippen molar-refractivity contribution in [3.8, 4) is 0 Å². The lowest BCUT2D eigenvalue weighted by atomic mass is 10.0. The van der Waals surface area contributed by atoms with Gasteiger partial charge in [-0.3, -0.25) is 9.59 Å². The molecule has 382 valence electrons. The highest BCUT2D eigenvalue weighted by atomic mass is 16.6. The molecule has 0 saturated carbocycles. The van der Waals surface area contributed by atoms with Gasteiger partial charge in [0, 0.05) is 19.4 Å². The molecule has 0 heterocycles. The van der Waals surface area contributed by atoms with Gasteiger partial charge >= 0.3 is 11.9 Å². The summed E-state index contributed by atoms with van der Waals surface area (Å²) in [6, 6.07) is 0. The van der Waals surface area contributed by atoms with E-state index >= 15 is 0 Å². The summed E-state index contributed by atoms with van der Waals surface area (Å²) >= 11 is 0. The van der Waals surface area contributed by atoms with E-state index in [1.54, 1.807) is 0 Å². The average Bonchev–Trinajstić information content (AvgIpc) is 3.30. The Labute approximate surface area is 402 Å². The third-order valence-corrected chi connectivity index (χ3v) is 13.6. The fourth-order valence-corrected chi connectivity index (χ4v) is 9.22. The first-order valence-electron chi connectivity index (χ1n) is 29.6. The average molecular weight is 906 g/mol. The number of hydrogen-bond donors (Lipinski definition) is 0. The van der Waals surface area contributed by atoms with Crippen LogP contribution < -0.4 is 0 Å². The Hall–Kier alpha value is -1.10. The molecule has 0 rings (SSSR count). The zero-order chi connectivity index (χ0) is 46.3. The van der Waals surface area contributed by atoms with Gasteiger partial charge in [-0.05, 0) is 19.3 Å². The maximum absolute atomic E-state index is 12.8. The van der Waals surface area contributed by atoms with Gasteiger partial charge in [-0.25, -0.2) is 0 Å². The van der Waals surface area contributed by atoms with Crippen molar-refractivity contribution in [2.24, 2.45) is 0 Å². The summed E-state index contributed by atoms with van der Waals surface area (Å²) < 4.78 is 17.5. The van der Waals surface area contributed by atoms with Crippen LogP contribution in [0, 0.1) is 0 Å². The monoisotopic (exact) mass is 905 g/mol. The second-order valence-electron chi connectivity index (χ2n) is 20.3. The molecule has 64 heavy (non-hydrogen) atoms. The zero-order valence-electron chi connectivity index (χ0n) is 44.1. The lowest BCUT2D eigenvalue weighted by molar-refractivity contribution is -0.163. The summed E-state index contributed by atoms with van der Waals surface area (Å²) in [6.45, 7) is 7.93. The second-order valence-corrected chi connectivity index (χ2v) is 20.3. The van der Waals surface area contributed by atoms with E-state index in [0.717, 1.165) is 32.1 Å². The van der Waals surface area contributed by atoms with Crippen LogP contribution in [0.15, 0.2) is 0 Å². The molecule has 0 bridgehead atoms. The van der Waals surface area contributed by atoms with Crippen molar-refractivity contribution in [2.45, 2.75) is 348 Å². The van der Waals surface area contributed by atoms with Gasteiger partial charge in [-0.1, -0.05) is 310 Å². The van der Waals surface area contributed by atoms with E-state index in [0.29, 0.717) is 26.1 Å². The molecule has 0 saturated heterocycles. The molecule has 1 atom stereocenters. The van der Waals surface area contributed by atoms with Crippen LogP contribution in [0.4, 0.5) is 0 Å². The molecule has 0 aliphatic rings. The molecular formula is C59H116O5.